The summed E-state index contributed by atoms with van der Waals surface area (Å²) in [4.78, 5) is 0. The van der Waals surface area contributed by atoms with Gasteiger partial charge in [-0.2, -0.15) is 0 Å². The Morgan fingerprint density at radius 2 is 2.14 bits per heavy atom. The zero-order valence-corrected chi connectivity index (χ0v) is 8.33. The second-order valence-corrected chi connectivity index (χ2v) is 4.36. The van der Waals surface area contributed by atoms with E-state index in [0.717, 1.165) is 6.42 Å². The first-order valence-electron chi connectivity index (χ1n) is 5.09. The molecule has 0 amide bonds. The molecule has 1 aromatic carbocycles. The first-order chi connectivity index (χ1) is 6.62. The molecule has 1 aromatic rings. The van der Waals surface area contributed by atoms with Crippen LogP contribution in [0.1, 0.15) is 31.7 Å². The van der Waals surface area contributed by atoms with Crippen molar-refractivity contribution in [3.8, 4) is 0 Å². The first-order valence-corrected chi connectivity index (χ1v) is 5.09. The van der Waals surface area contributed by atoms with E-state index >= 15 is 0 Å². The zero-order chi connectivity index (χ0) is 10.2. The van der Waals surface area contributed by atoms with Crippen LogP contribution in [0.3, 0.4) is 0 Å². The predicted octanol–water partition coefficient (Wildman–Crippen LogP) is 2.83. The maximum absolute atomic E-state index is 13.5. The molecule has 0 aromatic heterocycles. The largest absolute Gasteiger partial charge is 0.385 e. The molecule has 0 heterocycles. The van der Waals surface area contributed by atoms with Gasteiger partial charge in [0.1, 0.15) is 5.82 Å². The lowest BCUT2D eigenvalue weighted by molar-refractivity contribution is 0.0371. The molecule has 2 atom stereocenters. The molecule has 0 saturated heterocycles. The van der Waals surface area contributed by atoms with Crippen molar-refractivity contribution in [2.45, 2.75) is 31.8 Å². The maximum Gasteiger partial charge on any atom is 0.129 e. The van der Waals surface area contributed by atoms with Crippen molar-refractivity contribution >= 4 is 0 Å². The minimum Gasteiger partial charge on any atom is -0.385 e. The average Bonchev–Trinajstić information content (AvgIpc) is 2.48. The van der Waals surface area contributed by atoms with E-state index in [1.165, 1.54) is 6.07 Å². The smallest absolute Gasteiger partial charge is 0.129 e. The quantitative estimate of drug-likeness (QED) is 0.728. The van der Waals surface area contributed by atoms with E-state index in [1.807, 2.05) is 0 Å². The van der Waals surface area contributed by atoms with Crippen LogP contribution in [-0.4, -0.2) is 5.11 Å². The number of rotatable bonds is 1. The van der Waals surface area contributed by atoms with Gasteiger partial charge in [0.05, 0.1) is 5.60 Å². The van der Waals surface area contributed by atoms with Gasteiger partial charge in [-0.1, -0.05) is 25.1 Å². The maximum atomic E-state index is 13.5. The number of aliphatic hydroxyl groups is 1. The van der Waals surface area contributed by atoms with E-state index in [9.17, 15) is 9.50 Å². The summed E-state index contributed by atoms with van der Waals surface area (Å²) in [5, 5.41) is 10.3. The number of halogens is 1. The van der Waals surface area contributed by atoms with Gasteiger partial charge in [0.15, 0.2) is 0 Å². The molecular formula is C12H15FO. The van der Waals surface area contributed by atoms with E-state index < -0.39 is 5.60 Å². The molecule has 0 bridgehead atoms. The van der Waals surface area contributed by atoms with Gasteiger partial charge < -0.3 is 5.11 Å². The fraction of sp³-hybridized carbons (Fsp3) is 0.500. The third kappa shape index (κ3) is 1.55. The van der Waals surface area contributed by atoms with Crippen LogP contribution in [0.2, 0.25) is 0 Å². The molecule has 0 spiro atoms. The van der Waals surface area contributed by atoms with Gasteiger partial charge >= 0.3 is 0 Å². The summed E-state index contributed by atoms with van der Waals surface area (Å²) in [5.41, 5.74) is -0.463. The van der Waals surface area contributed by atoms with Gasteiger partial charge in [-0.15, -0.1) is 0 Å². The second kappa shape index (κ2) is 3.35. The Labute approximate surface area is 83.6 Å². The molecule has 1 nitrogen and oxygen atoms in total. The highest BCUT2D eigenvalue weighted by molar-refractivity contribution is 5.25. The zero-order valence-electron chi connectivity index (χ0n) is 8.33. The lowest BCUT2D eigenvalue weighted by atomic mass is 9.91. The van der Waals surface area contributed by atoms with E-state index in [2.05, 4.69) is 6.92 Å². The summed E-state index contributed by atoms with van der Waals surface area (Å²) in [6, 6.07) is 6.53. The SMILES string of the molecule is C[C@@H]1CC[C@@](O)(c2ccccc2F)C1. The van der Waals surface area contributed by atoms with Crippen LogP contribution in [-0.2, 0) is 5.60 Å². The number of hydrogen-bond acceptors (Lipinski definition) is 1. The summed E-state index contributed by atoms with van der Waals surface area (Å²) in [7, 11) is 0. The van der Waals surface area contributed by atoms with Gasteiger partial charge in [-0.25, -0.2) is 4.39 Å². The Morgan fingerprint density at radius 1 is 1.43 bits per heavy atom. The average molecular weight is 194 g/mol. The molecule has 0 aliphatic heterocycles. The van der Waals surface area contributed by atoms with Crippen molar-refractivity contribution in [2.75, 3.05) is 0 Å². The summed E-state index contributed by atoms with van der Waals surface area (Å²) >= 11 is 0. The molecule has 0 unspecified atom stereocenters. The third-order valence-electron chi connectivity index (χ3n) is 3.11. The number of hydrogen-bond donors (Lipinski definition) is 1. The van der Waals surface area contributed by atoms with Crippen LogP contribution in [0.25, 0.3) is 0 Å². The van der Waals surface area contributed by atoms with Crippen LogP contribution in [0.15, 0.2) is 24.3 Å². The van der Waals surface area contributed by atoms with Crippen LogP contribution >= 0.6 is 0 Å². The van der Waals surface area contributed by atoms with Crippen LogP contribution in [0.4, 0.5) is 4.39 Å². The van der Waals surface area contributed by atoms with E-state index in [-0.39, 0.29) is 5.82 Å². The van der Waals surface area contributed by atoms with Crippen LogP contribution in [0, 0.1) is 11.7 Å². The highest BCUT2D eigenvalue weighted by Crippen LogP contribution is 2.42. The molecule has 1 fully saturated rings. The van der Waals surface area contributed by atoms with Crippen LogP contribution in [0.5, 0.6) is 0 Å². The van der Waals surface area contributed by atoms with Gasteiger partial charge in [0.25, 0.3) is 0 Å². The molecular weight excluding hydrogens is 179 g/mol. The fourth-order valence-corrected chi connectivity index (χ4v) is 2.35. The molecule has 1 aliphatic carbocycles. The van der Waals surface area contributed by atoms with Gasteiger partial charge in [0.2, 0.25) is 0 Å². The molecule has 14 heavy (non-hydrogen) atoms. The fourth-order valence-electron chi connectivity index (χ4n) is 2.35. The highest BCUT2D eigenvalue weighted by Gasteiger charge is 2.38. The molecule has 1 aliphatic rings. The summed E-state index contributed by atoms with van der Waals surface area (Å²) in [6.45, 7) is 2.10. The Balaban J connectivity index is 2.35. The molecule has 2 heteroatoms. The van der Waals surface area contributed by atoms with Crippen molar-refractivity contribution in [1.82, 2.24) is 0 Å². The van der Waals surface area contributed by atoms with Crippen molar-refractivity contribution in [2.24, 2.45) is 5.92 Å². The molecule has 1 N–H and O–H groups in total. The summed E-state index contributed by atoms with van der Waals surface area (Å²) in [5.74, 6) is 0.198. The lowest BCUT2D eigenvalue weighted by Crippen LogP contribution is -2.23. The Bertz CT molecular complexity index is 337. The Hall–Kier alpha value is -0.890. The minimum atomic E-state index is -0.926. The van der Waals surface area contributed by atoms with Crippen LogP contribution < -0.4 is 0 Å². The van der Waals surface area contributed by atoms with E-state index in [4.69, 9.17) is 0 Å². The van der Waals surface area contributed by atoms with Crippen molar-refractivity contribution in [3.05, 3.63) is 35.6 Å². The molecule has 1 saturated carbocycles. The Kier molecular flexibility index (Phi) is 2.31. The van der Waals surface area contributed by atoms with Gasteiger partial charge in [0, 0.05) is 5.56 Å². The third-order valence-corrected chi connectivity index (χ3v) is 3.11. The van der Waals surface area contributed by atoms with Gasteiger partial charge in [-0.3, -0.25) is 0 Å². The molecule has 2 rings (SSSR count). The minimum absolute atomic E-state index is 0.288. The predicted molar refractivity (Wildman–Crippen MR) is 53.3 cm³/mol. The van der Waals surface area contributed by atoms with E-state index in [0.29, 0.717) is 24.3 Å². The highest BCUT2D eigenvalue weighted by atomic mass is 19.1. The Morgan fingerprint density at radius 3 is 2.71 bits per heavy atom. The van der Waals surface area contributed by atoms with Crippen molar-refractivity contribution in [3.63, 3.8) is 0 Å². The lowest BCUT2D eigenvalue weighted by Gasteiger charge is -2.23. The standard InChI is InChI=1S/C12H15FO/c1-9-6-7-12(14,8-9)10-4-2-3-5-11(10)13/h2-5,9,14H,6-8H2,1H3/t9-,12+/m1/s1. The van der Waals surface area contributed by atoms with Crippen molar-refractivity contribution in [1.29, 1.82) is 0 Å². The molecule has 76 valence electrons. The number of benzene rings is 1. The summed E-state index contributed by atoms with van der Waals surface area (Å²) < 4.78 is 13.5. The molecule has 0 radical (unpaired) electrons. The topological polar surface area (TPSA) is 20.2 Å². The van der Waals surface area contributed by atoms with E-state index in [1.54, 1.807) is 18.2 Å². The first kappa shape index (κ1) is 9.66. The summed E-state index contributed by atoms with van der Waals surface area (Å²) in [6.07, 6.45) is 2.33. The second-order valence-electron chi connectivity index (χ2n) is 4.36. The normalized spacial score (nSPS) is 32.1. The van der Waals surface area contributed by atoms with Gasteiger partial charge in [-0.05, 0) is 31.2 Å². The van der Waals surface area contributed by atoms with Crippen molar-refractivity contribution < 1.29 is 9.50 Å². The monoisotopic (exact) mass is 194 g/mol.